The second-order valence-electron chi connectivity index (χ2n) is 3.66. The lowest BCUT2D eigenvalue weighted by molar-refractivity contribution is 0.696. The second-order valence-corrected chi connectivity index (χ2v) is 4.55. The number of nitrogens with zero attached hydrogens (tertiary/aromatic N) is 4. The van der Waals surface area contributed by atoms with Crippen molar-refractivity contribution in [2.45, 2.75) is 19.4 Å². The summed E-state index contributed by atoms with van der Waals surface area (Å²) in [6.07, 6.45) is 2.07. The number of rotatable bonds is 3. The second kappa shape index (κ2) is 4.45. The van der Waals surface area contributed by atoms with Crippen molar-refractivity contribution in [2.24, 2.45) is 0 Å². The molecule has 0 spiro atoms. The van der Waals surface area contributed by atoms with Gasteiger partial charge in [0.2, 0.25) is 0 Å². The van der Waals surface area contributed by atoms with E-state index in [0.717, 1.165) is 16.0 Å². The van der Waals surface area contributed by atoms with E-state index >= 15 is 0 Å². The summed E-state index contributed by atoms with van der Waals surface area (Å²) in [5.74, 6) is 0.897. The summed E-state index contributed by atoms with van der Waals surface area (Å²) in [6.45, 7) is 2.02. The molecule has 2 aromatic heterocycles. The van der Waals surface area contributed by atoms with Crippen LogP contribution in [0.1, 0.15) is 13.3 Å². The first-order valence-electron chi connectivity index (χ1n) is 5.02. The van der Waals surface area contributed by atoms with Gasteiger partial charge >= 0.3 is 0 Å². The van der Waals surface area contributed by atoms with Crippen LogP contribution in [0.15, 0.2) is 17.8 Å². The normalized spacial score (nSPS) is 12.3. The van der Waals surface area contributed by atoms with Crippen LogP contribution in [0.25, 0.3) is 10.2 Å². The molecule has 2 heterocycles. The molecule has 0 saturated carbocycles. The maximum atomic E-state index is 8.70. The molecule has 4 nitrogen and oxygen atoms in total. The molecule has 0 aliphatic heterocycles. The molecule has 0 bridgehead atoms. The summed E-state index contributed by atoms with van der Waals surface area (Å²) in [5.41, 5.74) is 0. The minimum Gasteiger partial charge on any atom is -0.355 e. The van der Waals surface area contributed by atoms with Crippen LogP contribution < -0.4 is 4.90 Å². The van der Waals surface area contributed by atoms with Gasteiger partial charge in [-0.05, 0) is 18.4 Å². The summed E-state index contributed by atoms with van der Waals surface area (Å²) >= 11 is 1.60. The zero-order valence-electron chi connectivity index (χ0n) is 9.21. The molecule has 0 amide bonds. The SMILES string of the molecule is CC(CC#N)N(C)c1ncnc2sccc12. The molecule has 0 aliphatic rings. The number of fused-ring (bicyclic) bond motifs is 1. The third kappa shape index (κ3) is 1.84. The molecular formula is C11H12N4S. The van der Waals surface area contributed by atoms with Gasteiger partial charge in [-0.15, -0.1) is 11.3 Å². The highest BCUT2D eigenvalue weighted by Crippen LogP contribution is 2.27. The Morgan fingerprint density at radius 3 is 3.12 bits per heavy atom. The Morgan fingerprint density at radius 2 is 2.38 bits per heavy atom. The van der Waals surface area contributed by atoms with Gasteiger partial charge in [-0.25, -0.2) is 9.97 Å². The highest BCUT2D eigenvalue weighted by molar-refractivity contribution is 7.16. The Labute approximate surface area is 98.2 Å². The number of anilines is 1. The van der Waals surface area contributed by atoms with E-state index in [4.69, 9.17) is 5.26 Å². The van der Waals surface area contributed by atoms with E-state index in [1.165, 1.54) is 0 Å². The topological polar surface area (TPSA) is 52.8 Å². The van der Waals surface area contributed by atoms with Gasteiger partial charge in [0.15, 0.2) is 0 Å². The molecule has 16 heavy (non-hydrogen) atoms. The molecular weight excluding hydrogens is 220 g/mol. The largest absolute Gasteiger partial charge is 0.355 e. The lowest BCUT2D eigenvalue weighted by atomic mass is 10.2. The molecule has 2 aromatic rings. The van der Waals surface area contributed by atoms with Crippen molar-refractivity contribution < 1.29 is 0 Å². The third-order valence-corrected chi connectivity index (χ3v) is 3.44. The van der Waals surface area contributed by atoms with Gasteiger partial charge in [0.05, 0.1) is 17.9 Å². The van der Waals surface area contributed by atoms with E-state index in [2.05, 4.69) is 16.0 Å². The van der Waals surface area contributed by atoms with Crippen molar-refractivity contribution in [3.8, 4) is 6.07 Å². The fraction of sp³-hybridized carbons (Fsp3) is 0.364. The van der Waals surface area contributed by atoms with Crippen LogP contribution in [0.3, 0.4) is 0 Å². The molecule has 0 aliphatic carbocycles. The van der Waals surface area contributed by atoms with Gasteiger partial charge in [0, 0.05) is 13.1 Å². The molecule has 2 rings (SSSR count). The van der Waals surface area contributed by atoms with Crippen LogP contribution in [0.5, 0.6) is 0 Å². The lowest BCUT2D eigenvalue weighted by Crippen LogP contribution is -2.29. The van der Waals surface area contributed by atoms with Crippen LogP contribution in [-0.2, 0) is 0 Å². The predicted octanol–water partition coefficient (Wildman–Crippen LogP) is 2.43. The van der Waals surface area contributed by atoms with E-state index in [-0.39, 0.29) is 6.04 Å². The van der Waals surface area contributed by atoms with E-state index < -0.39 is 0 Å². The van der Waals surface area contributed by atoms with Crippen LogP contribution >= 0.6 is 11.3 Å². The summed E-state index contributed by atoms with van der Waals surface area (Å²) in [4.78, 5) is 11.5. The highest BCUT2D eigenvalue weighted by atomic mass is 32.1. The Kier molecular flexibility index (Phi) is 3.02. The van der Waals surface area contributed by atoms with Crippen LogP contribution in [-0.4, -0.2) is 23.1 Å². The van der Waals surface area contributed by atoms with Gasteiger partial charge in [0.25, 0.3) is 0 Å². The van der Waals surface area contributed by atoms with Gasteiger partial charge in [0.1, 0.15) is 17.0 Å². The summed E-state index contributed by atoms with van der Waals surface area (Å²) in [6, 6.07) is 4.35. The van der Waals surface area contributed by atoms with Crippen molar-refractivity contribution in [3.63, 3.8) is 0 Å². The van der Waals surface area contributed by atoms with Crippen molar-refractivity contribution in [1.29, 1.82) is 5.26 Å². The minimum absolute atomic E-state index is 0.156. The number of hydrogen-bond donors (Lipinski definition) is 0. The highest BCUT2D eigenvalue weighted by Gasteiger charge is 2.14. The molecule has 1 atom stereocenters. The zero-order valence-corrected chi connectivity index (χ0v) is 10.0. The standard InChI is InChI=1S/C11H12N4S/c1-8(3-5-12)15(2)10-9-4-6-16-11(9)14-7-13-10/h4,6-8H,3H2,1-2H3. The minimum atomic E-state index is 0.156. The molecule has 1 unspecified atom stereocenters. The zero-order chi connectivity index (χ0) is 11.5. The quantitative estimate of drug-likeness (QED) is 0.815. The first-order valence-corrected chi connectivity index (χ1v) is 5.90. The van der Waals surface area contributed by atoms with Crippen molar-refractivity contribution in [2.75, 3.05) is 11.9 Å². The van der Waals surface area contributed by atoms with Gasteiger partial charge < -0.3 is 4.90 Å². The van der Waals surface area contributed by atoms with Crippen LogP contribution in [0, 0.1) is 11.3 Å². The smallest absolute Gasteiger partial charge is 0.140 e. The van der Waals surface area contributed by atoms with Gasteiger partial charge in [-0.3, -0.25) is 0 Å². The van der Waals surface area contributed by atoms with Crippen LogP contribution in [0.4, 0.5) is 5.82 Å². The van der Waals surface area contributed by atoms with Crippen LogP contribution in [0.2, 0.25) is 0 Å². The average molecular weight is 232 g/mol. The van der Waals surface area contributed by atoms with Crippen molar-refractivity contribution >= 4 is 27.4 Å². The Balaban J connectivity index is 2.39. The molecule has 0 N–H and O–H groups in total. The first kappa shape index (κ1) is 10.8. The maximum absolute atomic E-state index is 8.70. The van der Waals surface area contributed by atoms with E-state index in [9.17, 15) is 0 Å². The fourth-order valence-electron chi connectivity index (χ4n) is 1.54. The Bertz CT molecular complexity index is 528. The average Bonchev–Trinajstić information content (AvgIpc) is 2.76. The molecule has 0 radical (unpaired) electrons. The third-order valence-electron chi connectivity index (χ3n) is 2.62. The number of hydrogen-bond acceptors (Lipinski definition) is 5. The summed E-state index contributed by atoms with van der Waals surface area (Å²) in [5, 5.41) is 11.8. The number of nitriles is 1. The Hall–Kier alpha value is -1.67. The molecule has 5 heteroatoms. The predicted molar refractivity (Wildman–Crippen MR) is 65.5 cm³/mol. The van der Waals surface area contributed by atoms with Gasteiger partial charge in [-0.2, -0.15) is 5.26 Å². The van der Waals surface area contributed by atoms with Crippen molar-refractivity contribution in [1.82, 2.24) is 9.97 Å². The van der Waals surface area contributed by atoms with E-state index in [0.29, 0.717) is 6.42 Å². The molecule has 0 saturated heterocycles. The molecule has 0 fully saturated rings. The number of thiophene rings is 1. The lowest BCUT2D eigenvalue weighted by Gasteiger charge is -2.24. The molecule has 0 aromatic carbocycles. The fourth-order valence-corrected chi connectivity index (χ4v) is 2.26. The van der Waals surface area contributed by atoms with E-state index in [1.54, 1.807) is 17.7 Å². The summed E-state index contributed by atoms with van der Waals surface area (Å²) < 4.78 is 0. The first-order chi connectivity index (χ1) is 7.74. The van der Waals surface area contributed by atoms with E-state index in [1.807, 2.05) is 30.3 Å². The summed E-state index contributed by atoms with van der Waals surface area (Å²) in [7, 11) is 1.96. The monoisotopic (exact) mass is 232 g/mol. The maximum Gasteiger partial charge on any atom is 0.140 e. The Morgan fingerprint density at radius 1 is 1.56 bits per heavy atom. The van der Waals surface area contributed by atoms with Crippen molar-refractivity contribution in [3.05, 3.63) is 17.8 Å². The van der Waals surface area contributed by atoms with Gasteiger partial charge in [-0.1, -0.05) is 0 Å². The number of aromatic nitrogens is 2. The molecule has 82 valence electrons.